The molecule has 0 bridgehead atoms. The van der Waals surface area contributed by atoms with Crippen molar-refractivity contribution < 1.29 is 4.79 Å². The number of hydrogen-bond acceptors (Lipinski definition) is 7. The van der Waals surface area contributed by atoms with Gasteiger partial charge in [0.25, 0.3) is 11.5 Å². The van der Waals surface area contributed by atoms with E-state index in [0.717, 1.165) is 32.7 Å². The van der Waals surface area contributed by atoms with Crippen LogP contribution >= 0.6 is 24.0 Å². The van der Waals surface area contributed by atoms with Gasteiger partial charge in [0.15, 0.2) is 0 Å². The summed E-state index contributed by atoms with van der Waals surface area (Å²) in [4.78, 5) is 37.4. The number of carbonyl (C=O) groups is 1. The third kappa shape index (κ3) is 3.80. The van der Waals surface area contributed by atoms with Gasteiger partial charge in [-0.25, -0.2) is 4.98 Å². The maximum Gasteiger partial charge on any atom is 0.267 e. The molecule has 0 unspecified atom stereocenters. The molecule has 2 aliphatic rings. The van der Waals surface area contributed by atoms with Gasteiger partial charge >= 0.3 is 0 Å². The van der Waals surface area contributed by atoms with E-state index in [2.05, 4.69) is 23.3 Å². The molecule has 4 rings (SSSR count). The van der Waals surface area contributed by atoms with Gasteiger partial charge in [0.05, 0.1) is 10.5 Å². The Morgan fingerprint density at radius 1 is 1.23 bits per heavy atom. The molecule has 0 aromatic carbocycles. The lowest BCUT2D eigenvalue weighted by Crippen LogP contribution is -2.47. The average molecular weight is 442 g/mol. The smallest absolute Gasteiger partial charge is 0.267 e. The molecule has 4 heterocycles. The van der Waals surface area contributed by atoms with Gasteiger partial charge in [-0.2, -0.15) is 0 Å². The Morgan fingerprint density at radius 3 is 2.70 bits per heavy atom. The van der Waals surface area contributed by atoms with Gasteiger partial charge < -0.3 is 9.80 Å². The lowest BCUT2D eigenvalue weighted by atomic mass is 10.2. The van der Waals surface area contributed by atoms with Crippen molar-refractivity contribution in [3.63, 3.8) is 0 Å². The summed E-state index contributed by atoms with van der Waals surface area (Å²) in [6, 6.07) is 5.48. The summed E-state index contributed by atoms with van der Waals surface area (Å²) < 4.78 is 1.99. The molecule has 2 aromatic heterocycles. The van der Waals surface area contributed by atoms with Crippen molar-refractivity contribution in [2.75, 3.05) is 44.2 Å². The van der Waals surface area contributed by atoms with Crippen LogP contribution in [0.3, 0.4) is 0 Å². The van der Waals surface area contributed by atoms with E-state index in [0.29, 0.717) is 32.8 Å². The molecule has 0 spiro atoms. The van der Waals surface area contributed by atoms with Crippen molar-refractivity contribution >= 4 is 51.7 Å². The number of thiocarbonyl (C=S) groups is 1. The average Bonchev–Trinajstić information content (AvgIpc) is 3.03. The van der Waals surface area contributed by atoms with Crippen LogP contribution in [0.2, 0.25) is 0 Å². The summed E-state index contributed by atoms with van der Waals surface area (Å²) in [5.74, 6) is 0.417. The number of likely N-dealkylation sites (N-methyl/N-ethyl adjacent to an activating group) is 1. The minimum absolute atomic E-state index is 0.192. The van der Waals surface area contributed by atoms with Crippen LogP contribution < -0.4 is 10.5 Å². The van der Waals surface area contributed by atoms with Crippen LogP contribution in [0.15, 0.2) is 46.8 Å². The normalized spacial score (nSPS) is 19.3. The number of rotatable bonds is 5. The monoisotopic (exact) mass is 441 g/mol. The molecule has 1 amide bonds. The second kappa shape index (κ2) is 8.71. The number of nitrogens with zero attached hydrogens (tertiary/aromatic N) is 5. The molecule has 0 saturated carbocycles. The molecule has 9 heteroatoms. The summed E-state index contributed by atoms with van der Waals surface area (Å²) in [5, 5.41) is 0. The number of aromatic nitrogens is 2. The van der Waals surface area contributed by atoms with Crippen molar-refractivity contribution in [2.24, 2.45) is 0 Å². The molecule has 156 valence electrons. The number of thioether (sulfide) groups is 1. The Balaban J connectivity index is 1.81. The van der Waals surface area contributed by atoms with Crippen LogP contribution in [-0.4, -0.2) is 68.7 Å². The highest BCUT2D eigenvalue weighted by Gasteiger charge is 2.32. The molecule has 2 aromatic rings. The third-order valence-electron chi connectivity index (χ3n) is 5.33. The first-order valence-corrected chi connectivity index (χ1v) is 11.1. The van der Waals surface area contributed by atoms with Gasteiger partial charge in [0.2, 0.25) is 0 Å². The van der Waals surface area contributed by atoms with Gasteiger partial charge in [-0.1, -0.05) is 43.0 Å². The summed E-state index contributed by atoms with van der Waals surface area (Å²) in [6.45, 7) is 10.6. The third-order valence-corrected chi connectivity index (χ3v) is 6.71. The van der Waals surface area contributed by atoms with E-state index in [1.54, 1.807) is 24.4 Å². The van der Waals surface area contributed by atoms with Gasteiger partial charge in [0, 0.05) is 38.9 Å². The minimum atomic E-state index is -0.204. The first kappa shape index (κ1) is 20.8. The first-order valence-electron chi connectivity index (χ1n) is 9.88. The molecule has 0 aliphatic carbocycles. The molecule has 2 aliphatic heterocycles. The van der Waals surface area contributed by atoms with E-state index in [1.165, 1.54) is 21.1 Å². The highest BCUT2D eigenvalue weighted by Crippen LogP contribution is 2.33. The largest absolute Gasteiger partial charge is 0.353 e. The first-order chi connectivity index (χ1) is 14.5. The molecule has 0 N–H and O–H groups in total. The predicted molar refractivity (Wildman–Crippen MR) is 126 cm³/mol. The van der Waals surface area contributed by atoms with Crippen LogP contribution in [0, 0.1) is 0 Å². The Hall–Kier alpha value is -2.49. The number of carbonyl (C=O) groups excluding carboxylic acids is 1. The molecular weight excluding hydrogens is 418 g/mol. The SMILES string of the molecule is C=CCN1C(=O)C(=Cc2c(N3CCN(CC)CC3)nc3ccccn3c2=O)SC1=S. The molecule has 0 radical (unpaired) electrons. The van der Waals surface area contributed by atoms with Crippen LogP contribution in [0.5, 0.6) is 0 Å². The number of fused-ring (bicyclic) bond motifs is 1. The number of anilines is 1. The number of hydrogen-bond donors (Lipinski definition) is 0. The van der Waals surface area contributed by atoms with E-state index in [-0.39, 0.29) is 11.5 Å². The maximum absolute atomic E-state index is 13.4. The Bertz CT molecular complexity index is 1100. The van der Waals surface area contributed by atoms with Crippen molar-refractivity contribution in [1.82, 2.24) is 19.2 Å². The van der Waals surface area contributed by atoms with Gasteiger partial charge in [-0.15, -0.1) is 6.58 Å². The van der Waals surface area contributed by atoms with Crippen LogP contribution in [-0.2, 0) is 4.79 Å². The lowest BCUT2D eigenvalue weighted by molar-refractivity contribution is -0.121. The van der Waals surface area contributed by atoms with E-state index in [1.807, 2.05) is 12.1 Å². The van der Waals surface area contributed by atoms with E-state index >= 15 is 0 Å². The standard InChI is InChI=1S/C21H23N5O2S2/c1-3-8-26-20(28)16(30-21(26)29)14-15-18(24-12-10-23(4-2)11-13-24)22-17-7-5-6-9-25(17)19(15)27/h3,5-7,9,14H,1,4,8,10-13H2,2H3. The predicted octanol–water partition coefficient (Wildman–Crippen LogP) is 2.22. The van der Waals surface area contributed by atoms with Crippen LogP contribution in [0.4, 0.5) is 5.82 Å². The highest BCUT2D eigenvalue weighted by molar-refractivity contribution is 8.26. The van der Waals surface area contributed by atoms with Crippen molar-refractivity contribution in [1.29, 1.82) is 0 Å². The molecule has 2 saturated heterocycles. The zero-order valence-electron chi connectivity index (χ0n) is 16.8. The Labute approximate surface area is 184 Å². The minimum Gasteiger partial charge on any atom is -0.353 e. The highest BCUT2D eigenvalue weighted by atomic mass is 32.2. The fourth-order valence-corrected chi connectivity index (χ4v) is 4.91. The summed E-state index contributed by atoms with van der Waals surface area (Å²) in [7, 11) is 0. The number of piperazine rings is 1. The molecule has 0 atom stereocenters. The van der Waals surface area contributed by atoms with Gasteiger partial charge in [-0.3, -0.25) is 18.9 Å². The zero-order valence-corrected chi connectivity index (χ0v) is 18.4. The summed E-state index contributed by atoms with van der Waals surface area (Å²) in [6.07, 6.45) is 4.99. The molecule has 2 fully saturated rings. The quantitative estimate of drug-likeness (QED) is 0.401. The van der Waals surface area contributed by atoms with E-state index in [4.69, 9.17) is 17.2 Å². The van der Waals surface area contributed by atoms with Crippen molar-refractivity contribution in [2.45, 2.75) is 6.92 Å². The fraction of sp³-hybridized carbons (Fsp3) is 0.333. The summed E-state index contributed by atoms with van der Waals surface area (Å²) in [5.41, 5.74) is 0.817. The van der Waals surface area contributed by atoms with Gasteiger partial charge in [-0.05, 0) is 24.8 Å². The molecule has 30 heavy (non-hydrogen) atoms. The van der Waals surface area contributed by atoms with Crippen LogP contribution in [0.25, 0.3) is 11.7 Å². The summed E-state index contributed by atoms with van der Waals surface area (Å²) >= 11 is 6.54. The zero-order chi connectivity index (χ0) is 21.3. The number of amides is 1. The van der Waals surface area contributed by atoms with E-state index < -0.39 is 0 Å². The Kier molecular flexibility index (Phi) is 6.03. The van der Waals surface area contributed by atoms with Gasteiger partial charge in [0.1, 0.15) is 15.8 Å². The second-order valence-corrected chi connectivity index (χ2v) is 8.76. The van der Waals surface area contributed by atoms with E-state index in [9.17, 15) is 9.59 Å². The Morgan fingerprint density at radius 2 is 2.00 bits per heavy atom. The lowest BCUT2D eigenvalue weighted by Gasteiger charge is -2.35. The fourth-order valence-electron chi connectivity index (χ4n) is 3.65. The second-order valence-electron chi connectivity index (χ2n) is 7.09. The maximum atomic E-state index is 13.4. The van der Waals surface area contributed by atoms with Crippen molar-refractivity contribution in [3.05, 3.63) is 57.9 Å². The van der Waals surface area contributed by atoms with Crippen molar-refractivity contribution in [3.8, 4) is 0 Å². The van der Waals surface area contributed by atoms with Crippen LogP contribution in [0.1, 0.15) is 12.5 Å². The number of pyridine rings is 1. The topological polar surface area (TPSA) is 61.2 Å². The molecular formula is C21H23N5O2S2. The molecule has 7 nitrogen and oxygen atoms in total.